The number of esters is 1. The standard InChI is InChI=1S/C22H17NO6/c1-27-19-11-17(18(23(25)26)12-20(19)28-2)22(24)29-21-15-9-5-3-7-13(15)14-8-4-6-10-16(14)21/h3-12,21H,1-2H3. The zero-order valence-corrected chi connectivity index (χ0v) is 15.7. The highest BCUT2D eigenvalue weighted by Gasteiger charge is 2.33. The van der Waals surface area contributed by atoms with E-state index in [0.717, 1.165) is 28.3 Å². The molecule has 1 aliphatic rings. The van der Waals surface area contributed by atoms with E-state index in [9.17, 15) is 14.9 Å². The van der Waals surface area contributed by atoms with Crippen LogP contribution in [-0.2, 0) is 4.74 Å². The Hall–Kier alpha value is -3.87. The van der Waals surface area contributed by atoms with Crippen LogP contribution in [0.4, 0.5) is 5.69 Å². The van der Waals surface area contributed by atoms with E-state index in [1.54, 1.807) is 0 Å². The normalized spacial score (nSPS) is 12.1. The quantitative estimate of drug-likeness (QED) is 0.360. The van der Waals surface area contributed by atoms with Crippen molar-refractivity contribution >= 4 is 11.7 Å². The van der Waals surface area contributed by atoms with Crippen molar-refractivity contribution in [3.63, 3.8) is 0 Å². The van der Waals surface area contributed by atoms with Crippen molar-refractivity contribution in [3.8, 4) is 22.6 Å². The molecule has 0 saturated carbocycles. The summed E-state index contributed by atoms with van der Waals surface area (Å²) in [5.41, 5.74) is 3.02. The molecule has 29 heavy (non-hydrogen) atoms. The highest BCUT2D eigenvalue weighted by atomic mass is 16.6. The monoisotopic (exact) mass is 391 g/mol. The first-order valence-corrected chi connectivity index (χ1v) is 8.84. The van der Waals surface area contributed by atoms with Crippen LogP contribution in [0.15, 0.2) is 60.7 Å². The van der Waals surface area contributed by atoms with Gasteiger partial charge in [-0.3, -0.25) is 10.1 Å². The Morgan fingerprint density at radius 2 is 1.41 bits per heavy atom. The van der Waals surface area contributed by atoms with Crippen LogP contribution in [0.3, 0.4) is 0 Å². The van der Waals surface area contributed by atoms with Gasteiger partial charge in [0, 0.05) is 17.2 Å². The maximum atomic E-state index is 13.0. The Morgan fingerprint density at radius 1 is 0.897 bits per heavy atom. The summed E-state index contributed by atoms with van der Waals surface area (Å²) in [6, 6.07) is 17.7. The minimum atomic E-state index is -0.811. The van der Waals surface area contributed by atoms with Gasteiger partial charge >= 0.3 is 5.97 Å². The van der Waals surface area contributed by atoms with Crippen LogP contribution >= 0.6 is 0 Å². The number of rotatable bonds is 5. The van der Waals surface area contributed by atoms with Crippen molar-refractivity contribution in [2.75, 3.05) is 14.2 Å². The summed E-state index contributed by atoms with van der Waals surface area (Å²) in [6.07, 6.45) is -0.650. The molecule has 4 rings (SSSR count). The fourth-order valence-electron chi connectivity index (χ4n) is 3.59. The van der Waals surface area contributed by atoms with E-state index in [1.807, 2.05) is 48.5 Å². The van der Waals surface area contributed by atoms with Gasteiger partial charge in [0.15, 0.2) is 17.6 Å². The molecule has 3 aromatic rings. The van der Waals surface area contributed by atoms with Gasteiger partial charge in [0.2, 0.25) is 0 Å². The van der Waals surface area contributed by atoms with Gasteiger partial charge in [-0.15, -0.1) is 0 Å². The van der Waals surface area contributed by atoms with E-state index >= 15 is 0 Å². The zero-order chi connectivity index (χ0) is 20.5. The van der Waals surface area contributed by atoms with Crippen LogP contribution in [0.25, 0.3) is 11.1 Å². The third-order valence-corrected chi connectivity index (χ3v) is 4.92. The Balaban J connectivity index is 1.77. The van der Waals surface area contributed by atoms with Crippen LogP contribution < -0.4 is 9.47 Å². The maximum absolute atomic E-state index is 13.0. The molecule has 7 nitrogen and oxygen atoms in total. The minimum absolute atomic E-state index is 0.160. The lowest BCUT2D eigenvalue weighted by atomic mass is 10.1. The number of nitro benzene ring substituents is 1. The summed E-state index contributed by atoms with van der Waals surface area (Å²) in [5, 5.41) is 11.5. The predicted molar refractivity (Wildman–Crippen MR) is 105 cm³/mol. The third-order valence-electron chi connectivity index (χ3n) is 4.92. The van der Waals surface area contributed by atoms with Crippen LogP contribution in [0, 0.1) is 10.1 Å². The summed E-state index contributed by atoms with van der Waals surface area (Å²) in [5.74, 6) is -0.446. The van der Waals surface area contributed by atoms with E-state index in [4.69, 9.17) is 14.2 Å². The molecule has 0 fully saturated rings. The number of benzene rings is 3. The number of nitro groups is 1. The molecule has 0 aromatic heterocycles. The molecule has 0 spiro atoms. The smallest absolute Gasteiger partial charge is 0.346 e. The largest absolute Gasteiger partial charge is 0.493 e. The Bertz CT molecular complexity index is 1080. The molecule has 0 amide bonds. The Morgan fingerprint density at radius 3 is 1.93 bits per heavy atom. The lowest BCUT2D eigenvalue weighted by Crippen LogP contribution is -2.13. The number of hydrogen-bond acceptors (Lipinski definition) is 6. The van der Waals surface area contributed by atoms with E-state index in [1.165, 1.54) is 20.3 Å². The summed E-state index contributed by atoms with van der Waals surface area (Å²) < 4.78 is 16.1. The Kier molecular flexibility index (Phi) is 4.64. The SMILES string of the molecule is COc1cc(C(=O)OC2c3ccccc3-c3ccccc32)c([N+](=O)[O-])cc1OC. The van der Waals surface area contributed by atoms with Gasteiger partial charge in [-0.2, -0.15) is 0 Å². The molecule has 146 valence electrons. The number of nitrogens with zero attached hydrogens (tertiary/aromatic N) is 1. The average molecular weight is 391 g/mol. The lowest BCUT2D eigenvalue weighted by Gasteiger charge is -2.16. The molecule has 0 aliphatic heterocycles. The first kappa shape index (κ1) is 18.5. The minimum Gasteiger partial charge on any atom is -0.493 e. The van der Waals surface area contributed by atoms with Gasteiger partial charge in [0.25, 0.3) is 5.69 Å². The molecule has 0 heterocycles. The second-order valence-electron chi connectivity index (χ2n) is 6.44. The molecule has 0 saturated heterocycles. The summed E-state index contributed by atoms with van der Waals surface area (Å²) >= 11 is 0. The predicted octanol–water partition coefficient (Wildman–Crippen LogP) is 4.54. The molecule has 7 heteroatoms. The van der Waals surface area contributed by atoms with E-state index in [0.29, 0.717) is 0 Å². The van der Waals surface area contributed by atoms with Crippen molar-refractivity contribution in [1.29, 1.82) is 0 Å². The van der Waals surface area contributed by atoms with Crippen LogP contribution in [0.1, 0.15) is 27.6 Å². The Labute approximate surface area is 166 Å². The zero-order valence-electron chi connectivity index (χ0n) is 15.7. The molecular formula is C22H17NO6. The third kappa shape index (κ3) is 3.06. The average Bonchev–Trinajstić information content (AvgIpc) is 3.06. The second-order valence-corrected chi connectivity index (χ2v) is 6.44. The number of hydrogen-bond donors (Lipinski definition) is 0. The van der Waals surface area contributed by atoms with Gasteiger partial charge < -0.3 is 14.2 Å². The van der Waals surface area contributed by atoms with Gasteiger partial charge in [-0.1, -0.05) is 48.5 Å². The van der Waals surface area contributed by atoms with E-state index < -0.39 is 22.7 Å². The number of carbonyl (C=O) groups excluding carboxylic acids is 1. The number of carbonyl (C=O) groups is 1. The van der Waals surface area contributed by atoms with Crippen LogP contribution in [-0.4, -0.2) is 25.1 Å². The number of fused-ring (bicyclic) bond motifs is 3. The molecule has 3 aromatic carbocycles. The van der Waals surface area contributed by atoms with Crippen molar-refractivity contribution in [2.45, 2.75) is 6.10 Å². The van der Waals surface area contributed by atoms with E-state index in [2.05, 4.69) is 0 Å². The fourth-order valence-corrected chi connectivity index (χ4v) is 3.59. The summed E-state index contributed by atoms with van der Waals surface area (Å²) in [4.78, 5) is 23.9. The van der Waals surface area contributed by atoms with Gasteiger partial charge in [0.1, 0.15) is 5.56 Å². The fraction of sp³-hybridized carbons (Fsp3) is 0.136. The van der Waals surface area contributed by atoms with Crippen molar-refractivity contribution in [3.05, 3.63) is 87.5 Å². The molecule has 0 unspecified atom stereocenters. The van der Waals surface area contributed by atoms with Crippen molar-refractivity contribution in [2.24, 2.45) is 0 Å². The first-order valence-electron chi connectivity index (χ1n) is 8.84. The topological polar surface area (TPSA) is 87.9 Å². The highest BCUT2D eigenvalue weighted by Crippen LogP contribution is 2.46. The van der Waals surface area contributed by atoms with Gasteiger partial charge in [0.05, 0.1) is 25.2 Å². The van der Waals surface area contributed by atoms with E-state index in [-0.39, 0.29) is 17.1 Å². The van der Waals surface area contributed by atoms with Crippen LogP contribution in [0.2, 0.25) is 0 Å². The molecule has 1 aliphatic carbocycles. The second kappa shape index (κ2) is 7.27. The molecule has 0 bridgehead atoms. The molecule has 0 atom stereocenters. The highest BCUT2D eigenvalue weighted by molar-refractivity contribution is 5.96. The summed E-state index contributed by atoms with van der Waals surface area (Å²) in [6.45, 7) is 0. The van der Waals surface area contributed by atoms with Gasteiger partial charge in [-0.25, -0.2) is 4.79 Å². The van der Waals surface area contributed by atoms with Gasteiger partial charge in [-0.05, 0) is 11.1 Å². The van der Waals surface area contributed by atoms with Crippen LogP contribution in [0.5, 0.6) is 11.5 Å². The summed E-state index contributed by atoms with van der Waals surface area (Å²) in [7, 11) is 2.76. The lowest BCUT2D eigenvalue weighted by molar-refractivity contribution is -0.385. The molecule has 0 N–H and O–H groups in total. The number of methoxy groups -OCH3 is 2. The molecular weight excluding hydrogens is 374 g/mol. The maximum Gasteiger partial charge on any atom is 0.346 e. The number of ether oxygens (including phenoxy) is 3. The first-order chi connectivity index (χ1) is 14.0. The molecule has 0 radical (unpaired) electrons. The van der Waals surface area contributed by atoms with Crippen molar-refractivity contribution < 1.29 is 23.9 Å². The van der Waals surface area contributed by atoms with Crippen molar-refractivity contribution in [1.82, 2.24) is 0 Å².